The van der Waals surface area contributed by atoms with Gasteiger partial charge in [-0.05, 0) is 37.0 Å². The number of ether oxygens (including phenoxy) is 2. The van der Waals surface area contributed by atoms with Crippen LogP contribution in [0.4, 0.5) is 4.79 Å². The average Bonchev–Trinajstić information content (AvgIpc) is 3.33. The predicted octanol–water partition coefficient (Wildman–Crippen LogP) is 2.14. The van der Waals surface area contributed by atoms with Gasteiger partial charge in [0.05, 0.1) is 12.5 Å². The first-order valence-corrected chi connectivity index (χ1v) is 12.8. The van der Waals surface area contributed by atoms with Crippen LogP contribution in [0.25, 0.3) is 0 Å². The van der Waals surface area contributed by atoms with Gasteiger partial charge in [-0.25, -0.2) is 9.59 Å². The van der Waals surface area contributed by atoms with E-state index in [1.807, 2.05) is 30.3 Å². The second-order valence-electron chi connectivity index (χ2n) is 8.70. The molecule has 0 bridgehead atoms. The number of hydrogen-bond acceptors (Lipinski definition) is 7. The Morgan fingerprint density at radius 1 is 1.15 bits per heavy atom. The Balaban J connectivity index is 1.65. The Labute approximate surface area is 204 Å². The fourth-order valence-electron chi connectivity index (χ4n) is 4.39. The van der Waals surface area contributed by atoms with E-state index in [1.165, 1.54) is 18.9 Å². The molecule has 2 fully saturated rings. The number of carbonyl (C=O) groups is 4. The van der Waals surface area contributed by atoms with Crippen molar-refractivity contribution in [2.75, 3.05) is 25.2 Å². The summed E-state index contributed by atoms with van der Waals surface area (Å²) in [5.41, 5.74) is 0.232. The Morgan fingerprint density at radius 2 is 1.88 bits per heavy atom. The quantitative estimate of drug-likeness (QED) is 0.552. The zero-order valence-electron chi connectivity index (χ0n) is 19.5. The van der Waals surface area contributed by atoms with Crippen LogP contribution in [0.5, 0.6) is 0 Å². The molecule has 1 saturated carbocycles. The number of esters is 1. The highest BCUT2D eigenvalue weighted by Crippen LogP contribution is 2.41. The third-order valence-electron chi connectivity index (χ3n) is 6.39. The van der Waals surface area contributed by atoms with Gasteiger partial charge in [0.2, 0.25) is 11.8 Å². The van der Waals surface area contributed by atoms with Gasteiger partial charge in [0.15, 0.2) is 0 Å². The summed E-state index contributed by atoms with van der Waals surface area (Å²) < 4.78 is 10.2. The molecule has 1 heterocycles. The summed E-state index contributed by atoms with van der Waals surface area (Å²) in [7, 11) is 1.30. The van der Waals surface area contributed by atoms with Crippen molar-refractivity contribution in [3.63, 3.8) is 0 Å². The number of thioether (sulfide) groups is 1. The van der Waals surface area contributed by atoms with E-state index >= 15 is 0 Å². The molecular formula is C24H33N3O6S. The summed E-state index contributed by atoms with van der Waals surface area (Å²) >= 11 is 1.41. The summed E-state index contributed by atoms with van der Waals surface area (Å²) in [5.74, 6) is -0.146. The molecule has 1 aliphatic carbocycles. The third-order valence-corrected chi connectivity index (χ3v) is 7.49. The number of benzene rings is 1. The lowest BCUT2D eigenvalue weighted by Crippen LogP contribution is -2.50. The van der Waals surface area contributed by atoms with Crippen LogP contribution >= 0.6 is 11.8 Å². The number of hydrogen-bond donors (Lipinski definition) is 3. The minimum absolute atomic E-state index is 0.104. The molecule has 34 heavy (non-hydrogen) atoms. The molecule has 3 N–H and O–H groups in total. The second-order valence-corrected chi connectivity index (χ2v) is 9.85. The fourth-order valence-corrected chi connectivity index (χ4v) is 5.42. The van der Waals surface area contributed by atoms with Gasteiger partial charge in [-0.15, -0.1) is 0 Å². The Morgan fingerprint density at radius 3 is 2.59 bits per heavy atom. The third kappa shape index (κ3) is 7.12. The number of rotatable bonds is 4. The molecule has 2 aliphatic rings. The lowest BCUT2D eigenvalue weighted by molar-refractivity contribution is -0.146. The molecule has 3 amide bonds. The van der Waals surface area contributed by atoms with Crippen molar-refractivity contribution >= 4 is 35.6 Å². The van der Waals surface area contributed by atoms with E-state index in [-0.39, 0.29) is 18.4 Å². The molecule has 0 radical (unpaired) electrons. The first kappa shape index (κ1) is 25.9. The number of alkyl carbamates (subject to hydrolysis) is 1. The first-order chi connectivity index (χ1) is 16.4. The van der Waals surface area contributed by atoms with E-state index < -0.39 is 29.6 Å². The maximum absolute atomic E-state index is 13.1. The smallest absolute Gasteiger partial charge is 0.408 e. The lowest BCUT2D eigenvalue weighted by atomic mass is 9.81. The molecule has 1 aromatic rings. The molecule has 1 spiro atoms. The van der Waals surface area contributed by atoms with Crippen LogP contribution in [-0.2, 0) is 30.5 Å². The van der Waals surface area contributed by atoms with E-state index in [1.54, 1.807) is 0 Å². The highest BCUT2D eigenvalue weighted by molar-refractivity contribution is 7.99. The zero-order valence-corrected chi connectivity index (χ0v) is 20.3. The van der Waals surface area contributed by atoms with Crippen molar-refractivity contribution in [3.05, 3.63) is 35.9 Å². The average molecular weight is 492 g/mol. The van der Waals surface area contributed by atoms with Crippen LogP contribution in [0.15, 0.2) is 30.3 Å². The molecule has 9 nitrogen and oxygen atoms in total. The highest BCUT2D eigenvalue weighted by Gasteiger charge is 2.42. The topological polar surface area (TPSA) is 123 Å². The summed E-state index contributed by atoms with van der Waals surface area (Å²) in [5, 5.41) is 8.43. The highest BCUT2D eigenvalue weighted by atomic mass is 32.2. The maximum Gasteiger partial charge on any atom is 0.408 e. The van der Waals surface area contributed by atoms with Crippen LogP contribution < -0.4 is 16.0 Å². The molecular weight excluding hydrogens is 458 g/mol. The molecule has 1 aliphatic heterocycles. The Kier molecular flexibility index (Phi) is 9.62. The van der Waals surface area contributed by atoms with E-state index in [4.69, 9.17) is 9.47 Å². The Bertz CT molecular complexity index is 860. The monoisotopic (exact) mass is 491 g/mol. The number of methoxy groups -OCH3 is 1. The normalized spacial score (nSPS) is 23.4. The largest absolute Gasteiger partial charge is 0.467 e. The van der Waals surface area contributed by atoms with Crippen molar-refractivity contribution in [2.45, 2.75) is 57.2 Å². The summed E-state index contributed by atoms with van der Waals surface area (Å²) in [6.45, 7) is 0.409. The van der Waals surface area contributed by atoms with Gasteiger partial charge in [0, 0.05) is 12.3 Å². The number of carbonyl (C=O) groups excluding carboxylic acids is 4. The molecule has 0 aromatic heterocycles. The standard InChI is InChI=1S/C24H33N3O6S/c1-32-21(29)19-16-34-14-9-18(27-23(31)33-15-17-7-3-2-4-8-17)20(28)25-13-12-24(22(30)26-19)10-5-6-11-24/h2-4,7-8,18-19H,5-6,9-16H2,1H3,(H,25,28)(H,26,30)(H,27,31)/t18-,19?/m0/s1. The summed E-state index contributed by atoms with van der Waals surface area (Å²) in [6.07, 6.45) is 3.43. The van der Waals surface area contributed by atoms with Gasteiger partial charge in [0.25, 0.3) is 0 Å². The van der Waals surface area contributed by atoms with E-state index in [0.29, 0.717) is 43.7 Å². The van der Waals surface area contributed by atoms with E-state index in [2.05, 4.69) is 16.0 Å². The molecule has 3 rings (SSSR count). The van der Waals surface area contributed by atoms with Crippen LogP contribution in [0, 0.1) is 5.41 Å². The minimum atomic E-state index is -0.781. The van der Waals surface area contributed by atoms with Crippen molar-refractivity contribution in [2.24, 2.45) is 5.41 Å². The molecule has 2 atom stereocenters. The lowest BCUT2D eigenvalue weighted by Gasteiger charge is -2.29. The summed E-state index contributed by atoms with van der Waals surface area (Å²) in [4.78, 5) is 50.6. The minimum Gasteiger partial charge on any atom is -0.467 e. The number of amides is 3. The number of nitrogens with one attached hydrogen (secondary N) is 3. The van der Waals surface area contributed by atoms with E-state index in [9.17, 15) is 19.2 Å². The molecule has 1 unspecified atom stereocenters. The fraction of sp³-hybridized carbons (Fsp3) is 0.583. The molecule has 186 valence electrons. The summed E-state index contributed by atoms with van der Waals surface area (Å²) in [6, 6.07) is 7.75. The predicted molar refractivity (Wildman–Crippen MR) is 128 cm³/mol. The van der Waals surface area contributed by atoms with Crippen molar-refractivity contribution < 1.29 is 28.7 Å². The van der Waals surface area contributed by atoms with Crippen LogP contribution in [-0.4, -0.2) is 61.1 Å². The van der Waals surface area contributed by atoms with Crippen LogP contribution in [0.1, 0.15) is 44.1 Å². The van der Waals surface area contributed by atoms with Crippen molar-refractivity contribution in [1.29, 1.82) is 0 Å². The maximum atomic E-state index is 13.1. The van der Waals surface area contributed by atoms with Crippen LogP contribution in [0.3, 0.4) is 0 Å². The second kappa shape index (κ2) is 12.6. The molecule has 1 saturated heterocycles. The SMILES string of the molecule is COC(=O)C1CSCC[C@H](NC(=O)OCc2ccccc2)C(=O)NCCC2(CCCC2)C(=O)N1. The Hall–Kier alpha value is -2.75. The van der Waals surface area contributed by atoms with E-state index in [0.717, 1.165) is 18.4 Å². The van der Waals surface area contributed by atoms with Gasteiger partial charge < -0.3 is 25.4 Å². The van der Waals surface area contributed by atoms with Crippen molar-refractivity contribution in [3.8, 4) is 0 Å². The van der Waals surface area contributed by atoms with Gasteiger partial charge in [-0.2, -0.15) is 11.8 Å². The molecule has 1 aromatic carbocycles. The zero-order chi connectivity index (χ0) is 24.4. The van der Waals surface area contributed by atoms with Crippen LogP contribution in [0.2, 0.25) is 0 Å². The van der Waals surface area contributed by atoms with Gasteiger partial charge in [0.1, 0.15) is 18.7 Å². The first-order valence-electron chi connectivity index (χ1n) is 11.6. The van der Waals surface area contributed by atoms with Gasteiger partial charge in [-0.3, -0.25) is 9.59 Å². The van der Waals surface area contributed by atoms with Gasteiger partial charge >= 0.3 is 12.1 Å². The van der Waals surface area contributed by atoms with Crippen molar-refractivity contribution in [1.82, 2.24) is 16.0 Å². The molecule has 10 heteroatoms. The van der Waals surface area contributed by atoms with Gasteiger partial charge in [-0.1, -0.05) is 43.2 Å².